The summed E-state index contributed by atoms with van der Waals surface area (Å²) < 4.78 is 15.5. The van der Waals surface area contributed by atoms with E-state index >= 15 is 0 Å². The monoisotopic (exact) mass is 450 g/mol. The fourth-order valence-corrected chi connectivity index (χ4v) is 2.88. The molecule has 3 heterocycles. The topological polar surface area (TPSA) is 221 Å². The number of aliphatic hydroxyl groups excluding tert-OH is 6. The number of aromatic amines is 1. The second-order valence-corrected chi connectivity index (χ2v) is 6.83. The van der Waals surface area contributed by atoms with E-state index in [1.54, 1.807) is 6.92 Å². The molecular weight excluding hydrogens is 424 g/mol. The van der Waals surface area contributed by atoms with E-state index in [0.29, 0.717) is 0 Å². The molecule has 2 fully saturated rings. The molecule has 0 radical (unpaired) electrons. The van der Waals surface area contributed by atoms with Crippen molar-refractivity contribution in [2.45, 2.75) is 62.5 Å². The molecule has 31 heavy (non-hydrogen) atoms. The number of ether oxygens (including phenoxy) is 3. The third-order valence-corrected chi connectivity index (χ3v) is 4.68. The highest BCUT2D eigenvalue weighted by molar-refractivity contribution is 5.68. The molecule has 8 atom stereocenters. The molecule has 0 unspecified atom stereocenters. The second kappa shape index (κ2) is 10.9. The Morgan fingerprint density at radius 1 is 1.06 bits per heavy atom. The van der Waals surface area contributed by atoms with Gasteiger partial charge in [-0.05, 0) is 0 Å². The van der Waals surface area contributed by atoms with Crippen molar-refractivity contribution in [3.05, 3.63) is 33.1 Å². The smallest absolute Gasteiger partial charge is 0.330 e. The van der Waals surface area contributed by atoms with Crippen molar-refractivity contribution >= 4 is 5.97 Å². The predicted molar refractivity (Wildman–Crippen MR) is 98.5 cm³/mol. The van der Waals surface area contributed by atoms with E-state index in [4.69, 9.17) is 29.5 Å². The highest BCUT2D eigenvalue weighted by Gasteiger charge is 2.44. The van der Waals surface area contributed by atoms with Gasteiger partial charge in [-0.15, -0.1) is 0 Å². The Balaban J connectivity index is 0.000000225. The molecule has 14 nitrogen and oxygen atoms in total. The summed E-state index contributed by atoms with van der Waals surface area (Å²) in [7, 11) is 0. The lowest BCUT2D eigenvalue weighted by Gasteiger charge is -2.16. The molecule has 1 aromatic heterocycles. The Bertz CT molecular complexity index is 841. The van der Waals surface area contributed by atoms with Crippen LogP contribution in [0.5, 0.6) is 0 Å². The van der Waals surface area contributed by atoms with Gasteiger partial charge in [0.2, 0.25) is 0 Å². The number of nitrogens with zero attached hydrogens (tertiary/aromatic N) is 1. The quantitative estimate of drug-likeness (QED) is 0.211. The summed E-state index contributed by atoms with van der Waals surface area (Å²) in [6.07, 6.45) is -8.21. The van der Waals surface area contributed by atoms with Crippen LogP contribution in [-0.2, 0) is 19.0 Å². The minimum Gasteiger partial charge on any atom is -0.463 e. The second-order valence-electron chi connectivity index (χ2n) is 6.83. The molecule has 2 saturated heterocycles. The Morgan fingerprint density at radius 2 is 1.71 bits per heavy atom. The highest BCUT2D eigenvalue weighted by Crippen LogP contribution is 2.27. The summed E-state index contributed by atoms with van der Waals surface area (Å²) in [5, 5.41) is 55.4. The van der Waals surface area contributed by atoms with Crippen LogP contribution >= 0.6 is 0 Å². The first-order chi connectivity index (χ1) is 14.6. The van der Waals surface area contributed by atoms with E-state index in [1.807, 2.05) is 4.98 Å². The van der Waals surface area contributed by atoms with E-state index < -0.39 is 73.0 Å². The van der Waals surface area contributed by atoms with Gasteiger partial charge in [-0.1, -0.05) is 6.92 Å². The lowest BCUT2D eigenvalue weighted by atomic mass is 10.1. The van der Waals surface area contributed by atoms with E-state index in [-0.39, 0.29) is 13.0 Å². The van der Waals surface area contributed by atoms with Gasteiger partial charge in [0.25, 0.3) is 5.56 Å². The zero-order valence-electron chi connectivity index (χ0n) is 16.5. The molecule has 7 N–H and O–H groups in total. The van der Waals surface area contributed by atoms with Crippen LogP contribution in [0.2, 0.25) is 0 Å². The number of aromatic nitrogens is 2. The highest BCUT2D eigenvalue weighted by atomic mass is 16.7. The molecule has 0 aliphatic carbocycles. The van der Waals surface area contributed by atoms with Gasteiger partial charge in [-0.3, -0.25) is 19.1 Å². The number of rotatable bonds is 5. The Kier molecular flexibility index (Phi) is 8.84. The summed E-state index contributed by atoms with van der Waals surface area (Å²) in [6.45, 7) is 0.993. The third-order valence-electron chi connectivity index (χ3n) is 4.68. The first-order valence-corrected chi connectivity index (χ1v) is 9.39. The molecule has 2 aliphatic heterocycles. The molecule has 2 aliphatic rings. The zero-order valence-corrected chi connectivity index (χ0v) is 16.5. The minimum atomic E-state index is -1.42. The molecule has 1 aromatic rings. The molecule has 0 bridgehead atoms. The lowest BCUT2D eigenvalue weighted by Crippen LogP contribution is -2.37. The van der Waals surface area contributed by atoms with Gasteiger partial charge >= 0.3 is 11.7 Å². The molecule has 0 aromatic carbocycles. The standard InChI is InChI=1S/C9H12N2O6.C8H14O6/c12-3-4-6(14)7(15)8(17-4)11-2-1-5(13)10-9(11)16;1-2-5(9)13-3-4-6(10)7(11)8(12)14-4/h1-2,4,6-8,12,14-15H,3H2,(H,10,13,16);4,6-8,10-12H,2-3H2,1H3/t2*4-,6-,7-,8-/m11/s1. The summed E-state index contributed by atoms with van der Waals surface area (Å²) in [5.41, 5.74) is -1.33. The van der Waals surface area contributed by atoms with Crippen LogP contribution in [0.25, 0.3) is 0 Å². The summed E-state index contributed by atoms with van der Waals surface area (Å²) in [6, 6.07) is 1.09. The normalized spacial score (nSPS) is 34.8. The molecule has 176 valence electrons. The van der Waals surface area contributed by atoms with E-state index in [0.717, 1.165) is 16.8 Å². The Hall–Kier alpha value is -2.17. The number of esters is 1. The number of aliphatic hydroxyl groups is 6. The van der Waals surface area contributed by atoms with Crippen LogP contribution in [0.1, 0.15) is 19.6 Å². The fourth-order valence-electron chi connectivity index (χ4n) is 2.88. The van der Waals surface area contributed by atoms with Crippen LogP contribution in [-0.4, -0.2) is 102 Å². The van der Waals surface area contributed by atoms with Crippen LogP contribution in [0.4, 0.5) is 0 Å². The third kappa shape index (κ3) is 5.96. The molecular formula is C17H26N2O12. The average molecular weight is 450 g/mol. The Morgan fingerprint density at radius 3 is 2.19 bits per heavy atom. The number of H-pyrrole nitrogens is 1. The van der Waals surface area contributed by atoms with Crippen molar-refractivity contribution in [3.8, 4) is 0 Å². The first-order valence-electron chi connectivity index (χ1n) is 9.39. The van der Waals surface area contributed by atoms with Crippen molar-refractivity contribution in [1.82, 2.24) is 9.55 Å². The van der Waals surface area contributed by atoms with Crippen LogP contribution in [0, 0.1) is 0 Å². The summed E-state index contributed by atoms with van der Waals surface area (Å²) in [4.78, 5) is 35.1. The average Bonchev–Trinajstić information content (AvgIpc) is 3.16. The van der Waals surface area contributed by atoms with Crippen LogP contribution < -0.4 is 11.2 Å². The van der Waals surface area contributed by atoms with Crippen LogP contribution in [0.15, 0.2) is 21.9 Å². The maximum absolute atomic E-state index is 11.4. The summed E-state index contributed by atoms with van der Waals surface area (Å²) in [5.74, 6) is -0.420. The van der Waals surface area contributed by atoms with Crippen molar-refractivity contribution in [2.75, 3.05) is 13.2 Å². The van der Waals surface area contributed by atoms with Gasteiger partial charge in [-0.25, -0.2) is 4.79 Å². The SMILES string of the molecule is CCC(=O)OC[C@H]1O[C@@H](O)[C@H](O)[C@@H]1O.O=c1ccn([C@@H]2O[C@H](CO)[C@@H](O)[C@H]2O)c(=O)[nH]1. The number of carbonyl (C=O) groups is 1. The maximum atomic E-state index is 11.4. The van der Waals surface area contributed by atoms with Crippen LogP contribution in [0.3, 0.4) is 0 Å². The van der Waals surface area contributed by atoms with Crippen molar-refractivity contribution < 1.29 is 49.6 Å². The van der Waals surface area contributed by atoms with Gasteiger partial charge in [0, 0.05) is 18.7 Å². The number of hydrogen-bond donors (Lipinski definition) is 7. The number of carbonyl (C=O) groups excluding carboxylic acids is 1. The Labute approximate surface area is 174 Å². The lowest BCUT2D eigenvalue weighted by molar-refractivity contribution is -0.157. The molecule has 0 spiro atoms. The van der Waals surface area contributed by atoms with E-state index in [9.17, 15) is 29.7 Å². The fraction of sp³-hybridized carbons (Fsp3) is 0.706. The molecule has 3 rings (SSSR count). The maximum Gasteiger partial charge on any atom is 0.330 e. The summed E-state index contributed by atoms with van der Waals surface area (Å²) >= 11 is 0. The molecule has 14 heteroatoms. The zero-order chi connectivity index (χ0) is 23.3. The van der Waals surface area contributed by atoms with Gasteiger partial charge in [0.1, 0.15) is 43.2 Å². The first kappa shape index (κ1) is 25.1. The van der Waals surface area contributed by atoms with E-state index in [1.165, 1.54) is 0 Å². The van der Waals surface area contributed by atoms with E-state index in [2.05, 4.69) is 0 Å². The largest absolute Gasteiger partial charge is 0.463 e. The van der Waals surface area contributed by atoms with Crippen molar-refractivity contribution in [2.24, 2.45) is 0 Å². The van der Waals surface area contributed by atoms with Crippen molar-refractivity contribution in [1.29, 1.82) is 0 Å². The molecule has 0 saturated carbocycles. The van der Waals surface area contributed by atoms with Gasteiger partial charge in [0.15, 0.2) is 12.5 Å². The van der Waals surface area contributed by atoms with Gasteiger partial charge in [-0.2, -0.15) is 0 Å². The van der Waals surface area contributed by atoms with Crippen molar-refractivity contribution in [3.63, 3.8) is 0 Å². The number of nitrogens with one attached hydrogen (secondary N) is 1. The van der Waals surface area contributed by atoms with Gasteiger partial charge < -0.3 is 44.8 Å². The van der Waals surface area contributed by atoms with Gasteiger partial charge in [0.05, 0.1) is 6.61 Å². The minimum absolute atomic E-state index is 0.165. The number of hydrogen-bond acceptors (Lipinski definition) is 12. The molecule has 0 amide bonds. The predicted octanol–water partition coefficient (Wildman–Crippen LogP) is -4.47.